The van der Waals surface area contributed by atoms with Gasteiger partial charge in [0.25, 0.3) is 0 Å². The first-order valence-corrected chi connectivity index (χ1v) is 8.27. The van der Waals surface area contributed by atoms with Gasteiger partial charge in [0, 0.05) is 25.3 Å². The van der Waals surface area contributed by atoms with E-state index in [1.165, 1.54) is 36.9 Å². The van der Waals surface area contributed by atoms with Crippen LogP contribution in [0.4, 0.5) is 5.69 Å². The lowest BCUT2D eigenvalue weighted by Gasteiger charge is -2.21. The Labute approximate surface area is 125 Å². The molecule has 0 bridgehead atoms. The van der Waals surface area contributed by atoms with E-state index in [0.29, 0.717) is 6.04 Å². The smallest absolute Gasteiger partial charge is 0.0363 e. The van der Waals surface area contributed by atoms with Crippen molar-refractivity contribution in [3.63, 3.8) is 0 Å². The van der Waals surface area contributed by atoms with Gasteiger partial charge in [0.15, 0.2) is 0 Å². The predicted molar refractivity (Wildman–Crippen MR) is 90.6 cm³/mol. The maximum atomic E-state index is 3.61. The normalized spacial score (nSPS) is 12.4. The van der Waals surface area contributed by atoms with E-state index in [1.54, 1.807) is 0 Å². The summed E-state index contributed by atoms with van der Waals surface area (Å²) in [6.07, 6.45) is 6.22. The predicted octanol–water partition coefficient (Wildman–Crippen LogP) is 4.76. The van der Waals surface area contributed by atoms with Crippen LogP contribution in [0, 0.1) is 0 Å². The maximum Gasteiger partial charge on any atom is 0.0363 e. The average molecular weight is 276 g/mol. The van der Waals surface area contributed by atoms with Crippen molar-refractivity contribution < 1.29 is 0 Å². The van der Waals surface area contributed by atoms with Crippen LogP contribution in [0.2, 0.25) is 0 Å². The fourth-order valence-corrected chi connectivity index (χ4v) is 2.51. The lowest BCUT2D eigenvalue weighted by atomic mass is 10.0. The molecule has 0 aliphatic carbocycles. The second-order valence-corrected chi connectivity index (χ2v) is 5.64. The summed E-state index contributed by atoms with van der Waals surface area (Å²) in [4.78, 5) is 2.36. The summed E-state index contributed by atoms with van der Waals surface area (Å²) >= 11 is 0. The van der Waals surface area contributed by atoms with Gasteiger partial charge in [-0.3, -0.25) is 0 Å². The molecule has 0 aliphatic rings. The number of rotatable bonds is 10. The first-order chi connectivity index (χ1) is 9.72. The Morgan fingerprint density at radius 3 is 2.25 bits per heavy atom. The number of nitrogens with zero attached hydrogens (tertiary/aromatic N) is 1. The molecule has 2 nitrogen and oxygen atoms in total. The molecule has 0 spiro atoms. The molecule has 1 unspecified atom stereocenters. The molecule has 0 saturated heterocycles. The van der Waals surface area contributed by atoms with Crippen molar-refractivity contribution in [2.24, 2.45) is 0 Å². The number of hydrogen-bond acceptors (Lipinski definition) is 2. The molecule has 1 atom stereocenters. The van der Waals surface area contributed by atoms with Crippen molar-refractivity contribution >= 4 is 5.69 Å². The van der Waals surface area contributed by atoms with Crippen LogP contribution < -0.4 is 10.2 Å². The third-order valence-corrected chi connectivity index (χ3v) is 3.88. The van der Waals surface area contributed by atoms with E-state index in [9.17, 15) is 0 Å². The van der Waals surface area contributed by atoms with Crippen molar-refractivity contribution in [3.8, 4) is 0 Å². The Bertz CT molecular complexity index is 345. The number of hydrogen-bond donors (Lipinski definition) is 1. The van der Waals surface area contributed by atoms with Gasteiger partial charge in [-0.2, -0.15) is 0 Å². The Hall–Kier alpha value is -1.02. The molecule has 0 amide bonds. The van der Waals surface area contributed by atoms with Gasteiger partial charge < -0.3 is 10.2 Å². The first kappa shape index (κ1) is 17.0. The third-order valence-electron chi connectivity index (χ3n) is 3.88. The van der Waals surface area contributed by atoms with Crippen molar-refractivity contribution in [1.82, 2.24) is 5.32 Å². The summed E-state index contributed by atoms with van der Waals surface area (Å²) in [7, 11) is 2.19. The Kier molecular flexibility index (Phi) is 8.36. The second kappa shape index (κ2) is 9.82. The minimum Gasteiger partial charge on any atom is -0.375 e. The van der Waals surface area contributed by atoms with E-state index < -0.39 is 0 Å². The van der Waals surface area contributed by atoms with E-state index in [-0.39, 0.29) is 0 Å². The molecule has 0 saturated carbocycles. The molecular weight excluding hydrogens is 244 g/mol. The molecule has 1 rings (SSSR count). The van der Waals surface area contributed by atoms with Crippen LogP contribution in [0.25, 0.3) is 0 Å². The Morgan fingerprint density at radius 2 is 1.70 bits per heavy atom. The summed E-state index contributed by atoms with van der Waals surface area (Å²) in [6.45, 7) is 8.96. The van der Waals surface area contributed by atoms with E-state index in [1.807, 2.05) is 0 Å². The van der Waals surface area contributed by atoms with Gasteiger partial charge in [0.1, 0.15) is 0 Å². The highest BCUT2D eigenvalue weighted by molar-refractivity contribution is 5.47. The SMILES string of the molecule is CCCCCN(C)c1ccc(C(CC)NCCC)cc1. The number of unbranched alkanes of at least 4 members (excludes halogenated alkanes) is 2. The van der Waals surface area contributed by atoms with Crippen LogP contribution in [0.1, 0.15) is 64.5 Å². The molecule has 1 aromatic rings. The zero-order valence-corrected chi connectivity index (χ0v) is 13.8. The molecular formula is C18H32N2. The van der Waals surface area contributed by atoms with Crippen LogP contribution in [0.15, 0.2) is 24.3 Å². The van der Waals surface area contributed by atoms with Gasteiger partial charge in [0.2, 0.25) is 0 Å². The third kappa shape index (κ3) is 5.54. The monoisotopic (exact) mass is 276 g/mol. The van der Waals surface area contributed by atoms with Crippen LogP contribution >= 0.6 is 0 Å². The number of benzene rings is 1. The van der Waals surface area contributed by atoms with Crippen LogP contribution in [-0.2, 0) is 0 Å². The van der Waals surface area contributed by atoms with Gasteiger partial charge in [-0.25, -0.2) is 0 Å². The molecule has 114 valence electrons. The molecule has 0 fully saturated rings. The van der Waals surface area contributed by atoms with Gasteiger partial charge in [-0.1, -0.05) is 45.7 Å². The zero-order valence-electron chi connectivity index (χ0n) is 13.8. The molecule has 0 heterocycles. The molecule has 1 N–H and O–H groups in total. The minimum atomic E-state index is 0.495. The largest absolute Gasteiger partial charge is 0.375 e. The second-order valence-electron chi connectivity index (χ2n) is 5.64. The topological polar surface area (TPSA) is 15.3 Å². The van der Waals surface area contributed by atoms with Crippen LogP contribution in [0.5, 0.6) is 0 Å². The first-order valence-electron chi connectivity index (χ1n) is 8.27. The van der Waals surface area contributed by atoms with Gasteiger partial charge in [-0.05, 0) is 43.5 Å². The van der Waals surface area contributed by atoms with Crippen molar-refractivity contribution in [2.45, 2.75) is 58.9 Å². The molecule has 1 aromatic carbocycles. The summed E-state index contributed by atoms with van der Waals surface area (Å²) in [5, 5.41) is 3.61. The van der Waals surface area contributed by atoms with Gasteiger partial charge in [0.05, 0.1) is 0 Å². The zero-order chi connectivity index (χ0) is 14.8. The fourth-order valence-electron chi connectivity index (χ4n) is 2.51. The van der Waals surface area contributed by atoms with Crippen LogP contribution in [0.3, 0.4) is 0 Å². The fraction of sp³-hybridized carbons (Fsp3) is 0.667. The van der Waals surface area contributed by atoms with Crippen molar-refractivity contribution in [3.05, 3.63) is 29.8 Å². The summed E-state index contributed by atoms with van der Waals surface area (Å²) in [5.74, 6) is 0. The number of nitrogens with one attached hydrogen (secondary N) is 1. The molecule has 20 heavy (non-hydrogen) atoms. The standard InChI is InChI=1S/C18H32N2/c1-5-8-9-15-20(4)17-12-10-16(11-13-17)18(7-3)19-14-6-2/h10-13,18-19H,5-9,14-15H2,1-4H3. The molecule has 2 heteroatoms. The maximum absolute atomic E-state index is 3.61. The highest BCUT2D eigenvalue weighted by atomic mass is 15.1. The molecule has 0 aromatic heterocycles. The summed E-state index contributed by atoms with van der Waals surface area (Å²) < 4.78 is 0. The molecule has 0 aliphatic heterocycles. The lowest BCUT2D eigenvalue weighted by molar-refractivity contribution is 0.518. The van der Waals surface area contributed by atoms with Crippen LogP contribution in [-0.4, -0.2) is 20.1 Å². The van der Waals surface area contributed by atoms with E-state index >= 15 is 0 Å². The number of anilines is 1. The summed E-state index contributed by atoms with van der Waals surface area (Å²) in [6, 6.07) is 9.58. The Morgan fingerprint density at radius 1 is 1.00 bits per heavy atom. The van der Waals surface area contributed by atoms with E-state index in [0.717, 1.165) is 19.5 Å². The highest BCUT2D eigenvalue weighted by Crippen LogP contribution is 2.21. The lowest BCUT2D eigenvalue weighted by Crippen LogP contribution is -2.22. The van der Waals surface area contributed by atoms with Crippen molar-refractivity contribution in [2.75, 3.05) is 25.0 Å². The van der Waals surface area contributed by atoms with Gasteiger partial charge >= 0.3 is 0 Å². The minimum absolute atomic E-state index is 0.495. The van der Waals surface area contributed by atoms with Gasteiger partial charge in [-0.15, -0.1) is 0 Å². The highest BCUT2D eigenvalue weighted by Gasteiger charge is 2.08. The average Bonchev–Trinajstić information content (AvgIpc) is 2.49. The molecule has 0 radical (unpaired) electrons. The quantitative estimate of drug-likeness (QED) is 0.620. The summed E-state index contributed by atoms with van der Waals surface area (Å²) in [5.41, 5.74) is 2.74. The van der Waals surface area contributed by atoms with E-state index in [2.05, 4.69) is 62.3 Å². The van der Waals surface area contributed by atoms with E-state index in [4.69, 9.17) is 0 Å². The Balaban J connectivity index is 2.57. The van der Waals surface area contributed by atoms with Crippen molar-refractivity contribution in [1.29, 1.82) is 0 Å².